The van der Waals surface area contributed by atoms with Crippen LogP contribution in [0.2, 0.25) is 0 Å². The van der Waals surface area contributed by atoms with E-state index in [-0.39, 0.29) is 5.56 Å². The molecule has 0 saturated heterocycles. The lowest BCUT2D eigenvalue weighted by atomic mass is 10.2. The van der Waals surface area contributed by atoms with Crippen LogP contribution in [0, 0.1) is 6.92 Å². The third-order valence-corrected chi connectivity index (χ3v) is 2.26. The largest absolute Gasteiger partial charge is 0.292 e. The predicted octanol–water partition coefficient (Wildman–Crippen LogP) is 0.748. The molecule has 13 heavy (non-hydrogen) atoms. The zero-order chi connectivity index (χ0) is 10.1. The van der Waals surface area contributed by atoms with Crippen LogP contribution >= 0.6 is 0 Å². The Hall–Kier alpha value is -1.20. The maximum Gasteiger partial charge on any atom is 0.292 e. The first kappa shape index (κ1) is 9.88. The number of benzene rings is 1. The van der Waals surface area contributed by atoms with E-state index in [4.69, 9.17) is 5.14 Å². The maximum absolute atomic E-state index is 11.0. The molecular weight excluding hydrogens is 190 g/mol. The van der Waals surface area contributed by atoms with Crippen LogP contribution in [0.15, 0.2) is 24.3 Å². The Kier molecular flexibility index (Phi) is 2.49. The minimum Gasteiger partial charge on any atom is -0.274 e. The van der Waals surface area contributed by atoms with Gasteiger partial charge in [0.15, 0.2) is 0 Å². The van der Waals surface area contributed by atoms with E-state index in [2.05, 4.69) is 0 Å². The van der Waals surface area contributed by atoms with Gasteiger partial charge in [-0.15, -0.1) is 5.14 Å². The molecular formula is C8H8NO3S. The van der Waals surface area contributed by atoms with E-state index in [0.29, 0.717) is 0 Å². The van der Waals surface area contributed by atoms with Gasteiger partial charge in [0, 0.05) is 5.56 Å². The average Bonchev–Trinajstić information content (AvgIpc) is 2.03. The molecule has 0 heterocycles. The Morgan fingerprint density at radius 2 is 1.69 bits per heavy atom. The van der Waals surface area contributed by atoms with Gasteiger partial charge in [-0.2, -0.15) is 0 Å². The van der Waals surface area contributed by atoms with Crippen molar-refractivity contribution in [2.24, 2.45) is 0 Å². The van der Waals surface area contributed by atoms with Crippen molar-refractivity contribution in [3.63, 3.8) is 0 Å². The van der Waals surface area contributed by atoms with Crippen molar-refractivity contribution in [3.8, 4) is 0 Å². The molecule has 0 aromatic heterocycles. The molecule has 0 amide bonds. The van der Waals surface area contributed by atoms with Crippen molar-refractivity contribution < 1.29 is 13.2 Å². The second-order valence-corrected chi connectivity index (χ2v) is 4.03. The summed E-state index contributed by atoms with van der Waals surface area (Å²) in [4.78, 5) is 11.0. The molecule has 0 saturated carbocycles. The van der Waals surface area contributed by atoms with Crippen molar-refractivity contribution >= 4 is 15.1 Å². The van der Waals surface area contributed by atoms with E-state index >= 15 is 0 Å². The van der Waals surface area contributed by atoms with Gasteiger partial charge in [0.25, 0.3) is 15.1 Å². The van der Waals surface area contributed by atoms with Gasteiger partial charge in [-0.25, -0.2) is 8.42 Å². The first-order valence-electron chi connectivity index (χ1n) is 3.52. The van der Waals surface area contributed by atoms with Gasteiger partial charge in [-0.3, -0.25) is 4.79 Å². The van der Waals surface area contributed by atoms with Crippen molar-refractivity contribution in [1.29, 1.82) is 0 Å². The van der Waals surface area contributed by atoms with E-state index in [1.807, 2.05) is 6.92 Å². The van der Waals surface area contributed by atoms with Crippen LogP contribution in [0.1, 0.15) is 15.9 Å². The fourth-order valence-corrected chi connectivity index (χ4v) is 1.29. The van der Waals surface area contributed by atoms with E-state index in [1.54, 1.807) is 12.1 Å². The molecule has 0 atom stereocenters. The van der Waals surface area contributed by atoms with Gasteiger partial charge in [-0.05, 0) is 19.1 Å². The standard InChI is InChI=1S/C8H8NO3S/c1-6-2-4-7(5-3-6)8(10)13(9,11)12/h2-5,9H,1H3. The average molecular weight is 198 g/mol. The maximum atomic E-state index is 11.0. The van der Waals surface area contributed by atoms with Crippen LogP contribution in [-0.2, 0) is 10.0 Å². The summed E-state index contributed by atoms with van der Waals surface area (Å²) in [5.41, 5.74) is 0.958. The number of hydrogen-bond acceptors (Lipinski definition) is 3. The number of sulfonamides is 1. The lowest BCUT2D eigenvalue weighted by molar-refractivity contribution is 0.107. The summed E-state index contributed by atoms with van der Waals surface area (Å²) in [6.07, 6.45) is 0. The SMILES string of the molecule is Cc1ccc(C(=O)S([NH])(=O)=O)cc1. The predicted molar refractivity (Wildman–Crippen MR) is 47.5 cm³/mol. The highest BCUT2D eigenvalue weighted by Gasteiger charge is 2.18. The quantitative estimate of drug-likeness (QED) is 0.668. The molecule has 4 nitrogen and oxygen atoms in total. The lowest BCUT2D eigenvalue weighted by Crippen LogP contribution is -2.14. The number of carbonyl (C=O) groups excluding carboxylic acids is 1. The number of hydrogen-bond donors (Lipinski definition) is 0. The normalized spacial score (nSPS) is 11.2. The molecule has 0 fully saturated rings. The van der Waals surface area contributed by atoms with Crippen molar-refractivity contribution in [3.05, 3.63) is 35.4 Å². The molecule has 0 unspecified atom stereocenters. The summed E-state index contributed by atoms with van der Waals surface area (Å²) in [5.74, 6) is 0. The Bertz CT molecular complexity index is 419. The van der Waals surface area contributed by atoms with Crippen molar-refractivity contribution in [2.45, 2.75) is 6.92 Å². The van der Waals surface area contributed by atoms with E-state index in [0.717, 1.165) is 5.56 Å². The third kappa shape index (κ3) is 2.37. The number of aryl methyl sites for hydroxylation is 1. The Balaban J connectivity index is 3.12. The molecule has 1 N–H and O–H groups in total. The smallest absolute Gasteiger partial charge is 0.274 e. The van der Waals surface area contributed by atoms with Gasteiger partial charge >= 0.3 is 0 Å². The van der Waals surface area contributed by atoms with E-state index in [9.17, 15) is 13.2 Å². The molecule has 0 aliphatic heterocycles. The summed E-state index contributed by atoms with van der Waals surface area (Å²) >= 11 is 0. The summed E-state index contributed by atoms with van der Waals surface area (Å²) < 4.78 is 21.1. The second kappa shape index (κ2) is 3.27. The molecule has 0 spiro atoms. The van der Waals surface area contributed by atoms with Crippen LogP contribution in [-0.4, -0.2) is 13.5 Å². The lowest BCUT2D eigenvalue weighted by Gasteiger charge is -1.97. The first-order chi connectivity index (χ1) is 5.91. The van der Waals surface area contributed by atoms with Crippen LogP contribution in [0.5, 0.6) is 0 Å². The minimum atomic E-state index is -4.36. The number of rotatable bonds is 1. The Labute approximate surface area is 76.4 Å². The van der Waals surface area contributed by atoms with Crippen molar-refractivity contribution in [2.75, 3.05) is 0 Å². The summed E-state index contributed by atoms with van der Waals surface area (Å²) in [7, 11) is -4.36. The summed E-state index contributed by atoms with van der Waals surface area (Å²) in [6, 6.07) is 6.03. The third-order valence-electron chi connectivity index (χ3n) is 1.53. The molecule has 69 valence electrons. The highest BCUT2D eigenvalue weighted by atomic mass is 32.2. The molecule has 0 aliphatic carbocycles. The zero-order valence-corrected chi connectivity index (χ0v) is 7.76. The second-order valence-electron chi connectivity index (χ2n) is 2.66. The Morgan fingerprint density at radius 3 is 2.08 bits per heavy atom. The highest BCUT2D eigenvalue weighted by molar-refractivity contribution is 8.04. The van der Waals surface area contributed by atoms with Crippen LogP contribution < -0.4 is 5.14 Å². The highest BCUT2D eigenvalue weighted by Crippen LogP contribution is 2.06. The molecule has 1 aromatic carbocycles. The minimum absolute atomic E-state index is 0.0283. The van der Waals surface area contributed by atoms with Gasteiger partial charge in [-0.1, -0.05) is 17.7 Å². The first-order valence-corrected chi connectivity index (χ1v) is 5.00. The Morgan fingerprint density at radius 1 is 1.23 bits per heavy atom. The zero-order valence-electron chi connectivity index (χ0n) is 6.94. The van der Waals surface area contributed by atoms with E-state index in [1.165, 1.54) is 12.1 Å². The van der Waals surface area contributed by atoms with Crippen LogP contribution in [0.4, 0.5) is 0 Å². The van der Waals surface area contributed by atoms with Gasteiger partial charge in [0.05, 0.1) is 0 Å². The number of nitrogens with one attached hydrogen (secondary N) is 1. The molecule has 1 radical (unpaired) electrons. The topological polar surface area (TPSA) is 75.0 Å². The number of carbonyl (C=O) groups is 1. The monoisotopic (exact) mass is 198 g/mol. The van der Waals surface area contributed by atoms with Gasteiger partial charge in [0.2, 0.25) is 0 Å². The molecule has 0 bridgehead atoms. The van der Waals surface area contributed by atoms with Gasteiger partial charge in [0.1, 0.15) is 0 Å². The molecule has 1 aromatic rings. The van der Waals surface area contributed by atoms with Crippen LogP contribution in [0.3, 0.4) is 0 Å². The fraction of sp³-hybridized carbons (Fsp3) is 0.125. The van der Waals surface area contributed by atoms with Crippen LogP contribution in [0.25, 0.3) is 0 Å². The fourth-order valence-electron chi connectivity index (χ4n) is 0.845. The molecule has 0 aliphatic rings. The summed E-state index contributed by atoms with van der Waals surface area (Å²) in [6.45, 7) is 1.82. The molecule has 5 heteroatoms. The molecule has 1 rings (SSSR count). The van der Waals surface area contributed by atoms with Gasteiger partial charge < -0.3 is 0 Å². The summed E-state index contributed by atoms with van der Waals surface area (Å²) in [5, 5.41) is 5.39. The van der Waals surface area contributed by atoms with Crippen molar-refractivity contribution in [1.82, 2.24) is 5.14 Å². The van der Waals surface area contributed by atoms with E-state index < -0.39 is 15.1 Å².